The molecule has 0 radical (unpaired) electrons. The van der Waals surface area contributed by atoms with Gasteiger partial charge in [-0.15, -0.1) is 0 Å². The molecule has 0 saturated carbocycles. The van der Waals surface area contributed by atoms with Gasteiger partial charge in [0.25, 0.3) is 0 Å². The summed E-state index contributed by atoms with van der Waals surface area (Å²) in [4.78, 5) is 10.8. The first-order chi connectivity index (χ1) is 9.79. The normalized spacial score (nSPS) is 20.4. The zero-order chi connectivity index (χ0) is 15.6. The predicted molar refractivity (Wildman–Crippen MR) is 80.2 cm³/mol. The van der Waals surface area contributed by atoms with Crippen molar-refractivity contribution in [2.75, 3.05) is 13.1 Å². The van der Waals surface area contributed by atoms with Crippen LogP contribution in [0.2, 0.25) is 10.0 Å². The molecule has 0 aromatic heterocycles. The molecule has 1 atom stereocenters. The van der Waals surface area contributed by atoms with Crippen molar-refractivity contribution in [3.05, 3.63) is 28.2 Å². The van der Waals surface area contributed by atoms with E-state index >= 15 is 0 Å². The standard InChI is InChI=1S/C13H15Cl2NO4S/c14-10-5-11(15)7-12(6-10)21(19,20)16-3-1-2-9(8-16)4-13(17)18/h5-7,9H,1-4,8H2,(H,17,18). The molecular weight excluding hydrogens is 337 g/mol. The number of nitrogens with zero attached hydrogens (tertiary/aromatic N) is 1. The maximum atomic E-state index is 12.6. The maximum Gasteiger partial charge on any atom is 0.303 e. The molecule has 1 aliphatic rings. The zero-order valence-corrected chi connectivity index (χ0v) is 13.5. The highest BCUT2D eigenvalue weighted by atomic mass is 35.5. The van der Waals surface area contributed by atoms with Crippen LogP contribution in [0.4, 0.5) is 0 Å². The Bertz CT molecular complexity index is 627. The molecule has 1 heterocycles. The highest BCUT2D eigenvalue weighted by Gasteiger charge is 2.31. The molecule has 1 saturated heterocycles. The van der Waals surface area contributed by atoms with E-state index in [-0.39, 0.29) is 33.8 Å². The quantitative estimate of drug-likeness (QED) is 0.904. The third-order valence-electron chi connectivity index (χ3n) is 3.42. The van der Waals surface area contributed by atoms with Gasteiger partial charge in [0, 0.05) is 29.6 Å². The third-order valence-corrected chi connectivity index (χ3v) is 5.70. The average molecular weight is 352 g/mol. The summed E-state index contributed by atoms with van der Waals surface area (Å²) >= 11 is 11.7. The number of carboxylic acid groups (broad SMARTS) is 1. The van der Waals surface area contributed by atoms with Crippen LogP contribution in [-0.4, -0.2) is 36.9 Å². The van der Waals surface area contributed by atoms with E-state index in [9.17, 15) is 13.2 Å². The molecule has 0 aliphatic carbocycles. The second-order valence-electron chi connectivity index (χ2n) is 5.07. The first kappa shape index (κ1) is 16.5. The van der Waals surface area contributed by atoms with Gasteiger partial charge < -0.3 is 5.11 Å². The van der Waals surface area contributed by atoms with Crippen LogP contribution in [0.5, 0.6) is 0 Å². The Hall–Kier alpha value is -0.820. The molecule has 0 bridgehead atoms. The molecule has 2 rings (SSSR count). The Balaban J connectivity index is 2.24. The van der Waals surface area contributed by atoms with Gasteiger partial charge in [-0.1, -0.05) is 23.2 Å². The number of carboxylic acids is 1. The molecule has 5 nitrogen and oxygen atoms in total. The lowest BCUT2D eigenvalue weighted by molar-refractivity contribution is -0.138. The number of piperidine rings is 1. The van der Waals surface area contributed by atoms with E-state index in [4.69, 9.17) is 28.3 Å². The Labute approximate surface area is 133 Å². The van der Waals surface area contributed by atoms with Gasteiger partial charge in [0.1, 0.15) is 0 Å². The Morgan fingerprint density at radius 3 is 2.48 bits per heavy atom. The first-order valence-electron chi connectivity index (χ1n) is 6.47. The van der Waals surface area contributed by atoms with Gasteiger partial charge in [0.05, 0.1) is 4.90 Å². The van der Waals surface area contributed by atoms with Gasteiger partial charge >= 0.3 is 5.97 Å². The molecule has 1 unspecified atom stereocenters. The molecule has 1 N–H and O–H groups in total. The Morgan fingerprint density at radius 1 is 1.29 bits per heavy atom. The van der Waals surface area contributed by atoms with Gasteiger partial charge in [-0.05, 0) is 37.0 Å². The first-order valence-corrected chi connectivity index (χ1v) is 8.66. The van der Waals surface area contributed by atoms with Gasteiger partial charge in [-0.2, -0.15) is 4.31 Å². The van der Waals surface area contributed by atoms with Crippen molar-refractivity contribution in [2.24, 2.45) is 5.92 Å². The van der Waals surface area contributed by atoms with E-state index in [0.29, 0.717) is 19.4 Å². The van der Waals surface area contributed by atoms with Crippen LogP contribution in [0.3, 0.4) is 0 Å². The SMILES string of the molecule is O=C(O)CC1CCCN(S(=O)(=O)c2cc(Cl)cc(Cl)c2)C1. The van der Waals surface area contributed by atoms with E-state index < -0.39 is 16.0 Å². The topological polar surface area (TPSA) is 74.7 Å². The van der Waals surface area contributed by atoms with E-state index in [1.807, 2.05) is 0 Å². The summed E-state index contributed by atoms with van der Waals surface area (Å²) in [5, 5.41) is 9.34. The van der Waals surface area contributed by atoms with Crippen molar-refractivity contribution in [1.82, 2.24) is 4.31 Å². The highest BCUT2D eigenvalue weighted by molar-refractivity contribution is 7.89. The van der Waals surface area contributed by atoms with E-state index in [2.05, 4.69) is 0 Å². The fourth-order valence-electron chi connectivity index (χ4n) is 2.49. The average Bonchev–Trinajstić information content (AvgIpc) is 2.37. The van der Waals surface area contributed by atoms with E-state index in [0.717, 1.165) is 0 Å². The van der Waals surface area contributed by atoms with Crippen molar-refractivity contribution in [1.29, 1.82) is 0 Å². The summed E-state index contributed by atoms with van der Waals surface area (Å²) in [6.07, 6.45) is 1.34. The minimum atomic E-state index is -3.70. The molecule has 21 heavy (non-hydrogen) atoms. The summed E-state index contributed by atoms with van der Waals surface area (Å²) in [5.41, 5.74) is 0. The van der Waals surface area contributed by atoms with Gasteiger partial charge in [-0.3, -0.25) is 4.79 Å². The molecular formula is C13H15Cl2NO4S. The molecule has 1 fully saturated rings. The van der Waals surface area contributed by atoms with Gasteiger partial charge in [0.15, 0.2) is 0 Å². The monoisotopic (exact) mass is 351 g/mol. The summed E-state index contributed by atoms with van der Waals surface area (Å²) in [7, 11) is -3.70. The summed E-state index contributed by atoms with van der Waals surface area (Å²) in [5.74, 6) is -1.08. The lowest BCUT2D eigenvalue weighted by Gasteiger charge is -2.31. The summed E-state index contributed by atoms with van der Waals surface area (Å²) < 4.78 is 26.5. The second-order valence-corrected chi connectivity index (χ2v) is 7.89. The van der Waals surface area contributed by atoms with Crippen molar-refractivity contribution >= 4 is 39.2 Å². The maximum absolute atomic E-state index is 12.6. The predicted octanol–water partition coefficient (Wildman–Crippen LogP) is 2.87. The van der Waals surface area contributed by atoms with Crippen LogP contribution >= 0.6 is 23.2 Å². The number of rotatable bonds is 4. The fraction of sp³-hybridized carbons (Fsp3) is 0.462. The third kappa shape index (κ3) is 4.10. The molecule has 8 heteroatoms. The Morgan fingerprint density at radius 2 is 1.90 bits per heavy atom. The van der Waals surface area contributed by atoms with Gasteiger partial charge in [0.2, 0.25) is 10.0 Å². The molecule has 1 aromatic rings. The molecule has 116 valence electrons. The largest absolute Gasteiger partial charge is 0.481 e. The van der Waals surface area contributed by atoms with Crippen LogP contribution in [0.1, 0.15) is 19.3 Å². The van der Waals surface area contributed by atoms with E-state index in [1.165, 1.54) is 22.5 Å². The number of hydrogen-bond acceptors (Lipinski definition) is 3. The van der Waals surface area contributed by atoms with Crippen LogP contribution < -0.4 is 0 Å². The fourth-order valence-corrected chi connectivity index (χ4v) is 4.77. The Kier molecular flexibility index (Phi) is 5.14. The number of carbonyl (C=O) groups is 1. The van der Waals surface area contributed by atoms with Crippen molar-refractivity contribution in [3.8, 4) is 0 Å². The molecule has 0 amide bonds. The zero-order valence-electron chi connectivity index (χ0n) is 11.1. The van der Waals surface area contributed by atoms with Crippen molar-refractivity contribution in [3.63, 3.8) is 0 Å². The smallest absolute Gasteiger partial charge is 0.303 e. The summed E-state index contributed by atoms with van der Waals surface area (Å²) in [6.45, 7) is 0.585. The number of aliphatic carboxylic acids is 1. The molecule has 1 aliphatic heterocycles. The minimum Gasteiger partial charge on any atom is -0.481 e. The van der Waals surface area contributed by atoms with Crippen LogP contribution in [0, 0.1) is 5.92 Å². The van der Waals surface area contributed by atoms with Crippen LogP contribution in [-0.2, 0) is 14.8 Å². The molecule has 1 aromatic carbocycles. The summed E-state index contributed by atoms with van der Waals surface area (Å²) in [6, 6.07) is 4.17. The number of halogens is 2. The lowest BCUT2D eigenvalue weighted by atomic mass is 9.96. The van der Waals surface area contributed by atoms with Gasteiger partial charge in [-0.25, -0.2) is 8.42 Å². The van der Waals surface area contributed by atoms with Crippen LogP contribution in [0.25, 0.3) is 0 Å². The number of benzene rings is 1. The van der Waals surface area contributed by atoms with Crippen molar-refractivity contribution < 1.29 is 18.3 Å². The highest BCUT2D eigenvalue weighted by Crippen LogP contribution is 2.28. The van der Waals surface area contributed by atoms with E-state index in [1.54, 1.807) is 0 Å². The van der Waals surface area contributed by atoms with Crippen LogP contribution in [0.15, 0.2) is 23.1 Å². The van der Waals surface area contributed by atoms with Crippen molar-refractivity contribution in [2.45, 2.75) is 24.2 Å². The number of hydrogen-bond donors (Lipinski definition) is 1. The number of sulfonamides is 1. The lowest BCUT2D eigenvalue weighted by Crippen LogP contribution is -2.40. The second kappa shape index (κ2) is 6.52. The molecule has 0 spiro atoms. The minimum absolute atomic E-state index is 0.0255.